The van der Waals surface area contributed by atoms with Crippen molar-refractivity contribution in [3.8, 4) is 0 Å². The van der Waals surface area contributed by atoms with E-state index in [0.717, 1.165) is 18.5 Å². The number of thioether (sulfide) groups is 1. The number of rotatable bonds is 7. The summed E-state index contributed by atoms with van der Waals surface area (Å²) in [4.78, 5) is 46.4. The molecule has 0 aliphatic rings. The van der Waals surface area contributed by atoms with Gasteiger partial charge in [0.15, 0.2) is 16.7 Å². The number of carbonyl (C=O) groups excluding carboxylic acids is 2. The largest absolute Gasteiger partial charge is 0.355 e. The zero-order valence-corrected chi connectivity index (χ0v) is 16.0. The molecule has 6 nitrogen and oxygen atoms in total. The van der Waals surface area contributed by atoms with Crippen molar-refractivity contribution in [3.05, 3.63) is 44.6 Å². The summed E-state index contributed by atoms with van der Waals surface area (Å²) in [6.07, 6.45) is 1.61. The Morgan fingerprint density at radius 3 is 2.52 bits per heavy atom. The number of hydrogen-bond donors (Lipinski definition) is 2. The highest BCUT2D eigenvalue weighted by atomic mass is 32.2. The normalized spacial score (nSPS) is 12.2. The van der Waals surface area contributed by atoms with Crippen LogP contribution < -0.4 is 5.56 Å². The van der Waals surface area contributed by atoms with Crippen molar-refractivity contribution < 1.29 is 9.59 Å². The van der Waals surface area contributed by atoms with Crippen LogP contribution in [0.15, 0.2) is 16.0 Å². The summed E-state index contributed by atoms with van der Waals surface area (Å²) in [5.74, 6) is -0.189. The minimum Gasteiger partial charge on any atom is -0.355 e. The smallest absolute Gasteiger partial charge is 0.251 e. The Labute approximate surface area is 150 Å². The number of nitrogens with zero attached hydrogens (tertiary/aromatic N) is 1. The fourth-order valence-electron chi connectivity index (χ4n) is 2.87. The van der Waals surface area contributed by atoms with Crippen LogP contribution in [0.2, 0.25) is 0 Å². The van der Waals surface area contributed by atoms with Crippen molar-refractivity contribution in [1.82, 2.24) is 15.0 Å². The Hall–Kier alpha value is -2.15. The second kappa shape index (κ2) is 7.82. The molecule has 2 aromatic rings. The number of carbonyl (C=O) groups is 2. The standard InChI is InChI=1S/C18H23N3O3S/c1-6-7-13-8-14(23)21-18(20-13)25-12(5)17(24)16-9(2)15(11(4)22)10(3)19-16/h8,12,19H,6-7H2,1-5H3,(H,20,21,23)/t12-/m1/s1. The molecule has 0 saturated heterocycles. The summed E-state index contributed by atoms with van der Waals surface area (Å²) < 4.78 is 0. The number of hydrogen-bond acceptors (Lipinski definition) is 5. The van der Waals surface area contributed by atoms with Gasteiger partial charge in [-0.05, 0) is 39.7 Å². The molecule has 0 fully saturated rings. The van der Waals surface area contributed by atoms with Crippen LogP contribution in [0.5, 0.6) is 0 Å². The molecule has 25 heavy (non-hydrogen) atoms. The molecule has 0 spiro atoms. The van der Waals surface area contributed by atoms with Crippen molar-refractivity contribution in [1.29, 1.82) is 0 Å². The second-order valence-corrected chi connectivity index (χ2v) is 7.43. The molecule has 134 valence electrons. The first kappa shape index (κ1) is 19.2. The van der Waals surface area contributed by atoms with Gasteiger partial charge in [-0.3, -0.25) is 14.4 Å². The van der Waals surface area contributed by atoms with E-state index in [1.165, 1.54) is 24.8 Å². The molecular formula is C18H23N3O3S. The molecule has 0 aromatic carbocycles. The maximum atomic E-state index is 12.8. The van der Waals surface area contributed by atoms with Gasteiger partial charge in [-0.2, -0.15) is 0 Å². The number of aromatic nitrogens is 3. The molecule has 0 radical (unpaired) electrons. The van der Waals surface area contributed by atoms with Gasteiger partial charge in [0, 0.05) is 23.0 Å². The fourth-order valence-corrected chi connectivity index (χ4v) is 3.76. The van der Waals surface area contributed by atoms with Crippen molar-refractivity contribution >= 4 is 23.3 Å². The average molecular weight is 361 g/mol. The number of aromatic amines is 2. The molecule has 0 unspecified atom stereocenters. The van der Waals surface area contributed by atoms with Gasteiger partial charge in [0.05, 0.1) is 10.9 Å². The molecule has 0 bridgehead atoms. The number of ketones is 2. The lowest BCUT2D eigenvalue weighted by atomic mass is 10.0. The Morgan fingerprint density at radius 2 is 1.96 bits per heavy atom. The highest BCUT2D eigenvalue weighted by Crippen LogP contribution is 2.26. The van der Waals surface area contributed by atoms with E-state index in [4.69, 9.17) is 0 Å². The first-order chi connectivity index (χ1) is 11.7. The molecule has 0 aliphatic carbocycles. The van der Waals surface area contributed by atoms with Gasteiger partial charge in [0.1, 0.15) is 0 Å². The number of nitrogens with one attached hydrogen (secondary N) is 2. The topological polar surface area (TPSA) is 95.7 Å². The number of aryl methyl sites for hydroxylation is 2. The average Bonchev–Trinajstić information content (AvgIpc) is 2.80. The molecule has 0 amide bonds. The second-order valence-electron chi connectivity index (χ2n) is 6.10. The fraction of sp³-hybridized carbons (Fsp3) is 0.444. The Bertz CT molecular complexity index is 867. The summed E-state index contributed by atoms with van der Waals surface area (Å²) >= 11 is 1.21. The molecule has 2 aromatic heterocycles. The van der Waals surface area contributed by atoms with E-state index in [-0.39, 0.29) is 17.1 Å². The number of H-pyrrole nitrogens is 2. The van der Waals surface area contributed by atoms with Gasteiger partial charge in [0.25, 0.3) is 5.56 Å². The maximum absolute atomic E-state index is 12.8. The van der Waals surface area contributed by atoms with Crippen LogP contribution in [-0.4, -0.2) is 31.8 Å². The summed E-state index contributed by atoms with van der Waals surface area (Å²) in [5, 5.41) is -0.0129. The first-order valence-electron chi connectivity index (χ1n) is 8.25. The Balaban J connectivity index is 2.26. The minimum atomic E-state index is -0.448. The molecular weight excluding hydrogens is 338 g/mol. The van der Waals surface area contributed by atoms with E-state index >= 15 is 0 Å². The van der Waals surface area contributed by atoms with Crippen LogP contribution >= 0.6 is 11.8 Å². The van der Waals surface area contributed by atoms with Crippen molar-refractivity contribution in [3.63, 3.8) is 0 Å². The summed E-state index contributed by atoms with van der Waals surface area (Å²) in [5.41, 5.74) is 2.88. The third kappa shape index (κ3) is 4.28. The van der Waals surface area contributed by atoms with Crippen molar-refractivity contribution in [2.75, 3.05) is 0 Å². The van der Waals surface area contributed by atoms with Gasteiger partial charge >= 0.3 is 0 Å². The van der Waals surface area contributed by atoms with E-state index in [1.54, 1.807) is 20.8 Å². The van der Waals surface area contributed by atoms with Crippen molar-refractivity contribution in [2.45, 2.75) is 57.9 Å². The van der Waals surface area contributed by atoms with E-state index in [9.17, 15) is 14.4 Å². The lowest BCUT2D eigenvalue weighted by Crippen LogP contribution is -2.18. The summed E-state index contributed by atoms with van der Waals surface area (Å²) in [6, 6.07) is 1.48. The predicted octanol–water partition coefficient (Wildman–Crippen LogP) is 3.23. The molecule has 2 heterocycles. The minimum absolute atomic E-state index is 0.0659. The molecule has 1 atom stereocenters. The Kier molecular flexibility index (Phi) is 6.00. The maximum Gasteiger partial charge on any atom is 0.251 e. The zero-order valence-electron chi connectivity index (χ0n) is 15.1. The Morgan fingerprint density at radius 1 is 1.28 bits per heavy atom. The SMILES string of the molecule is CCCc1cc(=O)[nH]c(S[C@H](C)C(=O)c2[nH]c(C)c(C(C)=O)c2C)n1. The van der Waals surface area contributed by atoms with E-state index < -0.39 is 5.25 Å². The van der Waals surface area contributed by atoms with Gasteiger partial charge in [0.2, 0.25) is 0 Å². The van der Waals surface area contributed by atoms with Crippen LogP contribution in [0, 0.1) is 13.8 Å². The molecule has 7 heteroatoms. The van der Waals surface area contributed by atoms with E-state index in [1.807, 2.05) is 6.92 Å². The highest BCUT2D eigenvalue weighted by molar-refractivity contribution is 8.00. The molecule has 2 N–H and O–H groups in total. The van der Waals surface area contributed by atoms with E-state index in [0.29, 0.717) is 27.7 Å². The van der Waals surface area contributed by atoms with Crippen LogP contribution in [0.4, 0.5) is 0 Å². The van der Waals surface area contributed by atoms with Crippen LogP contribution in [0.1, 0.15) is 65.0 Å². The first-order valence-corrected chi connectivity index (χ1v) is 9.13. The van der Waals surface area contributed by atoms with Crippen LogP contribution in [0.25, 0.3) is 0 Å². The van der Waals surface area contributed by atoms with Gasteiger partial charge in [-0.15, -0.1) is 0 Å². The van der Waals surface area contributed by atoms with Crippen LogP contribution in [-0.2, 0) is 6.42 Å². The van der Waals surface area contributed by atoms with Gasteiger partial charge < -0.3 is 9.97 Å². The van der Waals surface area contributed by atoms with E-state index in [2.05, 4.69) is 15.0 Å². The third-order valence-corrected chi connectivity index (χ3v) is 4.96. The lowest BCUT2D eigenvalue weighted by molar-refractivity contribution is 0.0988. The van der Waals surface area contributed by atoms with Gasteiger partial charge in [-0.1, -0.05) is 25.1 Å². The predicted molar refractivity (Wildman–Crippen MR) is 98.8 cm³/mol. The summed E-state index contributed by atoms with van der Waals surface area (Å²) in [6.45, 7) is 8.83. The molecule has 2 rings (SSSR count). The van der Waals surface area contributed by atoms with Crippen LogP contribution in [0.3, 0.4) is 0 Å². The monoisotopic (exact) mass is 361 g/mol. The third-order valence-electron chi connectivity index (χ3n) is 3.97. The van der Waals surface area contributed by atoms with Gasteiger partial charge in [-0.25, -0.2) is 4.98 Å². The quantitative estimate of drug-likeness (QED) is 0.448. The lowest BCUT2D eigenvalue weighted by Gasteiger charge is -2.10. The summed E-state index contributed by atoms with van der Waals surface area (Å²) in [7, 11) is 0. The highest BCUT2D eigenvalue weighted by Gasteiger charge is 2.24. The van der Waals surface area contributed by atoms with Crippen molar-refractivity contribution in [2.24, 2.45) is 0 Å². The zero-order chi connectivity index (χ0) is 18.7. The number of Topliss-reactive ketones (excluding diaryl/α,β-unsaturated/α-hetero) is 2. The molecule has 0 saturated carbocycles. The molecule has 0 aliphatic heterocycles.